The van der Waals surface area contributed by atoms with Crippen molar-refractivity contribution in [1.82, 2.24) is 14.4 Å². The Morgan fingerprint density at radius 3 is 2.64 bits per heavy atom. The van der Waals surface area contributed by atoms with Gasteiger partial charge in [-0.25, -0.2) is 14.8 Å². The van der Waals surface area contributed by atoms with Crippen LogP contribution in [0, 0.1) is 6.92 Å². The van der Waals surface area contributed by atoms with E-state index in [0.717, 1.165) is 39.2 Å². The number of rotatable bonds is 7. The summed E-state index contributed by atoms with van der Waals surface area (Å²) in [7, 11) is 1.57. The smallest absolute Gasteiger partial charge is 0.331 e. The summed E-state index contributed by atoms with van der Waals surface area (Å²) in [6.45, 7) is 2.15. The van der Waals surface area contributed by atoms with E-state index >= 15 is 0 Å². The lowest BCUT2D eigenvalue weighted by Gasteiger charge is -2.14. The monoisotopic (exact) mass is 475 g/mol. The van der Waals surface area contributed by atoms with Crippen LogP contribution in [-0.4, -0.2) is 27.4 Å². The molecule has 0 spiro atoms. The van der Waals surface area contributed by atoms with E-state index in [1.165, 1.54) is 6.08 Å². The first-order chi connectivity index (χ1) is 17.6. The van der Waals surface area contributed by atoms with Crippen molar-refractivity contribution in [1.29, 1.82) is 0 Å². The number of hydrogen-bond donors (Lipinski definition) is 0. The molecule has 0 bridgehead atoms. The lowest BCUT2D eigenvalue weighted by molar-refractivity contribution is -0.138. The number of imidazole rings is 1. The van der Waals surface area contributed by atoms with Crippen molar-refractivity contribution in [2.24, 2.45) is 0 Å². The third kappa shape index (κ3) is 4.88. The molecule has 5 aromatic rings. The summed E-state index contributed by atoms with van der Waals surface area (Å²) < 4.78 is 12.9. The first kappa shape index (κ1) is 23.1. The number of pyridine rings is 2. The van der Waals surface area contributed by atoms with Crippen LogP contribution in [0.25, 0.3) is 34.1 Å². The highest BCUT2D eigenvalue weighted by molar-refractivity contribution is 5.87. The van der Waals surface area contributed by atoms with Gasteiger partial charge < -0.3 is 13.9 Å². The average Bonchev–Trinajstić information content (AvgIpc) is 3.39. The first-order valence-corrected chi connectivity index (χ1v) is 11.6. The van der Waals surface area contributed by atoms with Crippen LogP contribution in [0.1, 0.15) is 16.7 Å². The number of carbonyl (C=O) groups excluding carboxylic acids is 1. The number of esters is 1. The lowest BCUT2D eigenvalue weighted by atomic mass is 9.95. The highest BCUT2D eigenvalue weighted by Gasteiger charge is 2.13. The van der Waals surface area contributed by atoms with E-state index in [0.29, 0.717) is 11.4 Å². The van der Waals surface area contributed by atoms with Gasteiger partial charge in [-0.05, 0) is 59.5 Å². The van der Waals surface area contributed by atoms with Crippen LogP contribution in [0.15, 0.2) is 97.5 Å². The Hall–Kier alpha value is -4.71. The minimum Gasteiger partial charge on any atom is -0.481 e. The average molecular weight is 476 g/mol. The van der Waals surface area contributed by atoms with Gasteiger partial charge in [-0.3, -0.25) is 0 Å². The summed E-state index contributed by atoms with van der Waals surface area (Å²) in [4.78, 5) is 21.3. The van der Waals surface area contributed by atoms with Crippen LogP contribution in [0.4, 0.5) is 0 Å². The highest BCUT2D eigenvalue weighted by Crippen LogP contribution is 2.32. The maximum absolute atomic E-state index is 12.3. The molecule has 0 aliphatic carbocycles. The molecule has 6 nitrogen and oxygen atoms in total. The Bertz CT molecular complexity index is 1550. The molecule has 0 amide bonds. The summed E-state index contributed by atoms with van der Waals surface area (Å²) in [5.41, 5.74) is 7.64. The fourth-order valence-electron chi connectivity index (χ4n) is 4.14. The highest BCUT2D eigenvalue weighted by atomic mass is 16.5. The normalized spacial score (nSPS) is 11.2. The molecule has 0 fully saturated rings. The SMILES string of the molecule is COc1nc(-c2cccc(-c3ccccc3)c2C)ccc1COC(=O)/C=C/c1ccn2ccnc2c1. The molecule has 6 heteroatoms. The number of benzene rings is 2. The van der Waals surface area contributed by atoms with Crippen LogP contribution in [0.2, 0.25) is 0 Å². The summed E-state index contributed by atoms with van der Waals surface area (Å²) in [5, 5.41) is 0. The molecule has 3 aromatic heterocycles. The molecule has 0 radical (unpaired) electrons. The van der Waals surface area contributed by atoms with E-state index in [1.807, 2.05) is 65.3 Å². The Morgan fingerprint density at radius 2 is 1.81 bits per heavy atom. The van der Waals surface area contributed by atoms with Gasteiger partial charge in [0.15, 0.2) is 0 Å². The quantitative estimate of drug-likeness (QED) is 0.209. The number of carbonyl (C=O) groups is 1. The standard InChI is InChI=1S/C30H25N3O3/c1-21-25(23-7-4-3-5-8-23)9-6-10-26(21)27-13-12-24(30(32-27)35-2)20-36-29(34)14-11-22-15-17-33-18-16-31-28(33)19-22/h3-19H,20H2,1-2H3/b14-11+. The predicted molar refractivity (Wildman–Crippen MR) is 140 cm³/mol. The molecule has 0 saturated carbocycles. The zero-order valence-corrected chi connectivity index (χ0v) is 20.1. The van der Waals surface area contributed by atoms with Crippen molar-refractivity contribution in [2.75, 3.05) is 7.11 Å². The number of ether oxygens (including phenoxy) is 2. The first-order valence-electron chi connectivity index (χ1n) is 11.6. The van der Waals surface area contributed by atoms with E-state index in [1.54, 1.807) is 19.4 Å². The second-order valence-electron chi connectivity index (χ2n) is 8.30. The molecule has 0 unspecified atom stereocenters. The van der Waals surface area contributed by atoms with Gasteiger partial charge in [0.1, 0.15) is 12.3 Å². The maximum atomic E-state index is 12.3. The molecule has 3 heterocycles. The minimum atomic E-state index is -0.448. The Labute approximate surface area is 209 Å². The number of nitrogens with zero attached hydrogens (tertiary/aromatic N) is 3. The predicted octanol–water partition coefficient (Wildman–Crippen LogP) is 6.14. The molecule has 5 rings (SSSR count). The van der Waals surface area contributed by atoms with Crippen molar-refractivity contribution in [3.8, 4) is 28.3 Å². The topological polar surface area (TPSA) is 65.7 Å². The van der Waals surface area contributed by atoms with Gasteiger partial charge in [-0.2, -0.15) is 0 Å². The molecule has 0 saturated heterocycles. The zero-order chi connectivity index (χ0) is 24.9. The van der Waals surface area contributed by atoms with Crippen molar-refractivity contribution in [3.05, 3.63) is 114 Å². The summed E-state index contributed by atoms with van der Waals surface area (Å²) >= 11 is 0. The summed E-state index contributed by atoms with van der Waals surface area (Å²) in [5.74, 6) is -0.0192. The largest absolute Gasteiger partial charge is 0.481 e. The summed E-state index contributed by atoms with van der Waals surface area (Å²) in [6, 6.07) is 24.1. The van der Waals surface area contributed by atoms with Gasteiger partial charge in [0, 0.05) is 30.2 Å². The van der Waals surface area contributed by atoms with Crippen LogP contribution < -0.4 is 4.74 Å². The molecule has 0 aliphatic rings. The Balaban J connectivity index is 1.30. The van der Waals surface area contributed by atoms with Crippen LogP contribution in [-0.2, 0) is 16.1 Å². The Kier molecular flexibility index (Phi) is 6.58. The zero-order valence-electron chi connectivity index (χ0n) is 20.1. The van der Waals surface area contributed by atoms with Crippen molar-refractivity contribution in [3.63, 3.8) is 0 Å². The molecule has 0 aliphatic heterocycles. The Morgan fingerprint density at radius 1 is 0.972 bits per heavy atom. The third-order valence-corrected chi connectivity index (χ3v) is 6.03. The molecular weight excluding hydrogens is 450 g/mol. The van der Waals surface area contributed by atoms with Gasteiger partial charge in [-0.15, -0.1) is 0 Å². The van der Waals surface area contributed by atoms with Crippen molar-refractivity contribution < 1.29 is 14.3 Å². The fraction of sp³-hybridized carbons (Fsp3) is 0.100. The number of fused-ring (bicyclic) bond motifs is 1. The van der Waals surface area contributed by atoms with Crippen LogP contribution in [0.3, 0.4) is 0 Å². The molecule has 2 aromatic carbocycles. The third-order valence-electron chi connectivity index (χ3n) is 6.03. The molecule has 0 atom stereocenters. The van der Waals surface area contributed by atoms with Gasteiger partial charge in [0.25, 0.3) is 0 Å². The van der Waals surface area contributed by atoms with Gasteiger partial charge in [-0.1, -0.05) is 48.5 Å². The second-order valence-corrected chi connectivity index (χ2v) is 8.30. The van der Waals surface area contributed by atoms with E-state index in [9.17, 15) is 4.79 Å². The van der Waals surface area contributed by atoms with Crippen LogP contribution >= 0.6 is 0 Å². The molecular formula is C30H25N3O3. The van der Waals surface area contributed by atoms with E-state index in [2.05, 4.69) is 36.2 Å². The van der Waals surface area contributed by atoms with Gasteiger partial charge >= 0.3 is 5.97 Å². The van der Waals surface area contributed by atoms with Gasteiger partial charge in [0.05, 0.1) is 18.4 Å². The molecule has 36 heavy (non-hydrogen) atoms. The van der Waals surface area contributed by atoms with E-state index in [-0.39, 0.29) is 6.61 Å². The molecule has 0 N–H and O–H groups in total. The maximum Gasteiger partial charge on any atom is 0.331 e. The lowest BCUT2D eigenvalue weighted by Crippen LogP contribution is -2.04. The minimum absolute atomic E-state index is 0.0575. The molecule has 178 valence electrons. The number of aromatic nitrogens is 3. The van der Waals surface area contributed by atoms with E-state index in [4.69, 9.17) is 14.5 Å². The second kappa shape index (κ2) is 10.3. The van der Waals surface area contributed by atoms with Gasteiger partial charge in [0.2, 0.25) is 5.88 Å². The number of methoxy groups -OCH3 is 1. The van der Waals surface area contributed by atoms with Crippen LogP contribution in [0.5, 0.6) is 5.88 Å². The number of hydrogen-bond acceptors (Lipinski definition) is 5. The van der Waals surface area contributed by atoms with E-state index < -0.39 is 5.97 Å². The fourth-order valence-corrected chi connectivity index (χ4v) is 4.14. The van der Waals surface area contributed by atoms with Crippen molar-refractivity contribution >= 4 is 17.7 Å². The van der Waals surface area contributed by atoms with Crippen molar-refractivity contribution in [2.45, 2.75) is 13.5 Å². The summed E-state index contributed by atoms with van der Waals surface area (Å²) in [6.07, 6.45) is 8.60.